The number of nitriles is 1. The molecule has 1 aliphatic heterocycles. The largest absolute Gasteiger partial charge is 0.300 e. The lowest BCUT2D eigenvalue weighted by atomic mass is 9.74. The van der Waals surface area contributed by atoms with Gasteiger partial charge in [-0.15, -0.1) is 0 Å². The summed E-state index contributed by atoms with van der Waals surface area (Å²) in [6.07, 6.45) is 13.1. The van der Waals surface area contributed by atoms with Crippen LogP contribution in [0.3, 0.4) is 0 Å². The number of hydrogen-bond acceptors (Lipinski definition) is 3. The zero-order chi connectivity index (χ0) is 14.7. The predicted octanol–water partition coefficient (Wildman–Crippen LogP) is 3.46. The molecule has 21 heavy (non-hydrogen) atoms. The molecule has 0 amide bonds. The van der Waals surface area contributed by atoms with Crippen LogP contribution < -0.4 is 5.32 Å². The molecule has 0 bridgehead atoms. The van der Waals surface area contributed by atoms with Crippen molar-refractivity contribution in [2.45, 2.75) is 88.8 Å². The summed E-state index contributed by atoms with van der Waals surface area (Å²) in [4.78, 5) is 2.83. The van der Waals surface area contributed by atoms with Crippen molar-refractivity contribution < 1.29 is 0 Å². The molecule has 1 heterocycles. The minimum atomic E-state index is -0.251. The molecule has 0 spiro atoms. The highest BCUT2D eigenvalue weighted by Gasteiger charge is 2.42. The zero-order valence-electron chi connectivity index (χ0n) is 13.6. The Morgan fingerprint density at radius 2 is 1.95 bits per heavy atom. The summed E-state index contributed by atoms with van der Waals surface area (Å²) >= 11 is 0. The number of hydrogen-bond donors (Lipinski definition) is 1. The molecular formula is C18H31N3. The molecule has 0 radical (unpaired) electrons. The molecule has 1 N–H and O–H groups in total. The third-order valence-corrected chi connectivity index (χ3v) is 6.21. The van der Waals surface area contributed by atoms with E-state index in [9.17, 15) is 5.26 Å². The predicted molar refractivity (Wildman–Crippen MR) is 86.0 cm³/mol. The van der Waals surface area contributed by atoms with E-state index in [1.54, 1.807) is 0 Å². The Hall–Kier alpha value is -0.590. The van der Waals surface area contributed by atoms with E-state index in [0.717, 1.165) is 31.3 Å². The molecule has 3 rings (SSSR count). The lowest BCUT2D eigenvalue weighted by Crippen LogP contribution is -2.57. The minimum absolute atomic E-state index is 0.251. The molecule has 1 saturated heterocycles. The van der Waals surface area contributed by atoms with Gasteiger partial charge in [0.25, 0.3) is 0 Å². The van der Waals surface area contributed by atoms with E-state index < -0.39 is 0 Å². The van der Waals surface area contributed by atoms with E-state index in [2.05, 4.69) is 23.2 Å². The lowest BCUT2D eigenvalue weighted by Gasteiger charge is -2.50. The van der Waals surface area contributed by atoms with Gasteiger partial charge in [-0.2, -0.15) is 5.26 Å². The van der Waals surface area contributed by atoms with Crippen LogP contribution in [0.15, 0.2) is 0 Å². The molecule has 0 aromatic heterocycles. The molecule has 3 nitrogen and oxygen atoms in total. The maximum Gasteiger partial charge on any atom is 0.108 e. The highest BCUT2D eigenvalue weighted by Crippen LogP contribution is 2.40. The molecule has 4 atom stereocenters. The fraction of sp³-hybridized carbons (Fsp3) is 0.944. The highest BCUT2D eigenvalue weighted by molar-refractivity contribution is 5.11. The number of rotatable bonds is 3. The fourth-order valence-electron chi connectivity index (χ4n) is 5.29. The third-order valence-electron chi connectivity index (χ3n) is 6.21. The van der Waals surface area contributed by atoms with E-state index >= 15 is 0 Å². The number of nitrogens with one attached hydrogen (secondary N) is 1. The third kappa shape index (κ3) is 3.12. The smallest absolute Gasteiger partial charge is 0.108 e. The van der Waals surface area contributed by atoms with Crippen molar-refractivity contribution in [1.82, 2.24) is 10.2 Å². The van der Waals surface area contributed by atoms with Gasteiger partial charge in [-0.1, -0.05) is 19.8 Å². The average molecular weight is 289 g/mol. The van der Waals surface area contributed by atoms with Crippen molar-refractivity contribution in [3.05, 3.63) is 0 Å². The Balaban J connectivity index is 1.71. The van der Waals surface area contributed by atoms with E-state index in [1.807, 2.05) is 0 Å². The molecule has 2 aliphatic carbocycles. The second kappa shape index (κ2) is 6.67. The molecule has 0 aromatic rings. The highest BCUT2D eigenvalue weighted by atomic mass is 15.2. The van der Waals surface area contributed by atoms with Gasteiger partial charge in [0, 0.05) is 12.1 Å². The van der Waals surface area contributed by atoms with Crippen molar-refractivity contribution >= 4 is 0 Å². The molecular weight excluding hydrogens is 258 g/mol. The molecule has 3 heteroatoms. The van der Waals surface area contributed by atoms with Gasteiger partial charge in [0.2, 0.25) is 0 Å². The fourth-order valence-corrected chi connectivity index (χ4v) is 5.29. The first kappa shape index (κ1) is 15.3. The molecule has 3 aliphatic rings. The summed E-state index contributed by atoms with van der Waals surface area (Å²) in [6.45, 7) is 4.31. The Labute approximate surface area is 130 Å². The number of likely N-dealkylation sites (tertiary alicyclic amines) is 1. The SMILES string of the molecule is CCNC1(C#N)CCCC(N2CCCC3CCCCC32)C1. The Bertz CT molecular complexity index is 382. The van der Waals surface area contributed by atoms with Crippen LogP contribution in [-0.2, 0) is 0 Å². The van der Waals surface area contributed by atoms with E-state index in [1.165, 1.54) is 57.9 Å². The molecule has 0 aromatic carbocycles. The summed E-state index contributed by atoms with van der Waals surface area (Å²) in [6, 6.07) is 4.09. The lowest BCUT2D eigenvalue weighted by molar-refractivity contribution is 0.00291. The van der Waals surface area contributed by atoms with Crippen LogP contribution >= 0.6 is 0 Å². The van der Waals surface area contributed by atoms with Gasteiger partial charge in [0.05, 0.1) is 6.07 Å². The van der Waals surface area contributed by atoms with Crippen molar-refractivity contribution in [2.75, 3.05) is 13.1 Å². The summed E-state index contributed by atoms with van der Waals surface area (Å²) in [5, 5.41) is 13.2. The van der Waals surface area contributed by atoms with E-state index in [-0.39, 0.29) is 5.54 Å². The number of nitrogens with zero attached hydrogens (tertiary/aromatic N) is 2. The van der Waals surface area contributed by atoms with Gasteiger partial charge in [-0.05, 0) is 70.4 Å². The monoisotopic (exact) mass is 289 g/mol. The van der Waals surface area contributed by atoms with Crippen LogP contribution in [0.5, 0.6) is 0 Å². The molecule has 2 saturated carbocycles. The van der Waals surface area contributed by atoms with Gasteiger partial charge < -0.3 is 0 Å². The van der Waals surface area contributed by atoms with Crippen molar-refractivity contribution in [1.29, 1.82) is 5.26 Å². The van der Waals surface area contributed by atoms with Crippen LogP contribution in [0.1, 0.15) is 71.1 Å². The number of fused-ring (bicyclic) bond motifs is 1. The maximum atomic E-state index is 9.69. The van der Waals surface area contributed by atoms with Crippen LogP contribution in [0.25, 0.3) is 0 Å². The van der Waals surface area contributed by atoms with Crippen LogP contribution in [0.4, 0.5) is 0 Å². The van der Waals surface area contributed by atoms with Crippen molar-refractivity contribution in [2.24, 2.45) is 5.92 Å². The van der Waals surface area contributed by atoms with E-state index in [4.69, 9.17) is 0 Å². The van der Waals surface area contributed by atoms with Gasteiger partial charge in [0.1, 0.15) is 5.54 Å². The minimum Gasteiger partial charge on any atom is -0.300 e. The van der Waals surface area contributed by atoms with Crippen molar-refractivity contribution in [3.63, 3.8) is 0 Å². The quantitative estimate of drug-likeness (QED) is 0.865. The second-order valence-corrected chi connectivity index (χ2v) is 7.47. The summed E-state index contributed by atoms with van der Waals surface area (Å²) in [5.41, 5.74) is -0.251. The zero-order valence-corrected chi connectivity index (χ0v) is 13.6. The first-order chi connectivity index (χ1) is 10.3. The van der Waals surface area contributed by atoms with E-state index in [0.29, 0.717) is 6.04 Å². The first-order valence-electron chi connectivity index (χ1n) is 9.20. The van der Waals surface area contributed by atoms with Gasteiger partial charge in [-0.3, -0.25) is 10.2 Å². The molecule has 118 valence electrons. The van der Waals surface area contributed by atoms with Gasteiger partial charge in [0.15, 0.2) is 0 Å². The van der Waals surface area contributed by atoms with Crippen LogP contribution in [0, 0.1) is 17.2 Å². The van der Waals surface area contributed by atoms with Crippen LogP contribution in [0.2, 0.25) is 0 Å². The first-order valence-corrected chi connectivity index (χ1v) is 9.20. The summed E-state index contributed by atoms with van der Waals surface area (Å²) in [7, 11) is 0. The van der Waals surface area contributed by atoms with Gasteiger partial charge in [-0.25, -0.2) is 0 Å². The standard InChI is InChI=1S/C18H31N3/c1-2-20-18(14-19)11-5-9-16(13-18)21-12-6-8-15-7-3-4-10-17(15)21/h15-17,20H,2-13H2,1H3. The molecule has 4 unspecified atom stereocenters. The number of piperidine rings is 1. The maximum absolute atomic E-state index is 9.69. The molecule has 3 fully saturated rings. The second-order valence-electron chi connectivity index (χ2n) is 7.47. The normalized spacial score (nSPS) is 41.2. The van der Waals surface area contributed by atoms with Crippen molar-refractivity contribution in [3.8, 4) is 6.07 Å². The Morgan fingerprint density at radius 3 is 2.76 bits per heavy atom. The summed E-state index contributed by atoms with van der Waals surface area (Å²) < 4.78 is 0. The van der Waals surface area contributed by atoms with Gasteiger partial charge >= 0.3 is 0 Å². The van der Waals surface area contributed by atoms with Crippen LogP contribution in [-0.4, -0.2) is 35.6 Å². The average Bonchev–Trinajstić information content (AvgIpc) is 2.55. The Kier molecular flexibility index (Phi) is 4.86. The Morgan fingerprint density at radius 1 is 1.14 bits per heavy atom. The summed E-state index contributed by atoms with van der Waals surface area (Å²) in [5.74, 6) is 0.949. The topological polar surface area (TPSA) is 39.1 Å².